The molecule has 0 unspecified atom stereocenters. The van der Waals surface area contributed by atoms with Gasteiger partial charge in [0.2, 0.25) is 0 Å². The molecule has 0 aliphatic carbocycles. The minimum Gasteiger partial charge on any atom is -0.450 e. The van der Waals surface area contributed by atoms with Crippen molar-refractivity contribution in [2.45, 2.75) is 38.8 Å². The molecule has 0 saturated heterocycles. The van der Waals surface area contributed by atoms with Crippen LogP contribution in [-0.2, 0) is 22.7 Å². The van der Waals surface area contributed by atoms with Gasteiger partial charge in [0.15, 0.2) is 17.4 Å². The topological polar surface area (TPSA) is 86.4 Å². The number of pyridine rings is 1. The number of carbonyl (C=O) groups excluding carboxylic acids is 1. The highest BCUT2D eigenvalue weighted by molar-refractivity contribution is 6.76. The van der Waals surface area contributed by atoms with Crippen LogP contribution in [0.2, 0.25) is 25.7 Å². The lowest BCUT2D eigenvalue weighted by Gasteiger charge is -2.15. The van der Waals surface area contributed by atoms with Gasteiger partial charge in [-0.3, -0.25) is 4.79 Å². The lowest BCUT2D eigenvalue weighted by Crippen LogP contribution is -2.22. The highest BCUT2D eigenvalue weighted by Crippen LogP contribution is 2.35. The van der Waals surface area contributed by atoms with Crippen molar-refractivity contribution in [1.82, 2.24) is 9.55 Å². The van der Waals surface area contributed by atoms with Crippen LogP contribution in [0.1, 0.15) is 11.1 Å². The molecule has 0 fully saturated rings. The number of para-hydroxylation sites is 1. The SMILES string of the molecule is C[Si](C)(C)CCOCn1cc(C#N)c2c(Oc3c(F)cc(CC(=O)Oc4ccccc4)cc3F)ccnc21. The molecular formula is C28H27F2N3O4Si. The Labute approximate surface area is 220 Å². The molecule has 0 amide bonds. The molecular weight excluding hydrogens is 508 g/mol. The molecule has 0 aliphatic heterocycles. The predicted octanol–water partition coefficient (Wildman–Crippen LogP) is 6.44. The molecule has 7 nitrogen and oxygen atoms in total. The van der Waals surface area contributed by atoms with E-state index < -0.39 is 31.4 Å². The Morgan fingerprint density at radius 2 is 1.82 bits per heavy atom. The van der Waals surface area contributed by atoms with Crippen LogP contribution in [0.5, 0.6) is 17.2 Å². The summed E-state index contributed by atoms with van der Waals surface area (Å²) in [5.41, 5.74) is 0.721. The normalized spacial score (nSPS) is 11.4. The molecule has 10 heteroatoms. The third kappa shape index (κ3) is 6.62. The molecule has 4 rings (SSSR count). The Kier molecular flexibility index (Phi) is 8.19. The Balaban J connectivity index is 1.53. The summed E-state index contributed by atoms with van der Waals surface area (Å²) in [5.74, 6) is -2.90. The first-order chi connectivity index (χ1) is 18.1. The summed E-state index contributed by atoms with van der Waals surface area (Å²) in [6.45, 7) is 7.51. The van der Waals surface area contributed by atoms with E-state index >= 15 is 0 Å². The van der Waals surface area contributed by atoms with Gasteiger partial charge in [-0.25, -0.2) is 13.8 Å². The Bertz CT molecular complexity index is 1470. The Morgan fingerprint density at radius 1 is 1.11 bits per heavy atom. The fraction of sp³-hybridized carbons (Fsp3) is 0.250. The summed E-state index contributed by atoms with van der Waals surface area (Å²) in [6.07, 6.45) is 2.68. The molecule has 2 aromatic heterocycles. The summed E-state index contributed by atoms with van der Waals surface area (Å²) in [7, 11) is -1.26. The van der Waals surface area contributed by atoms with Crippen LogP contribution in [0.4, 0.5) is 8.78 Å². The van der Waals surface area contributed by atoms with Gasteiger partial charge in [0.25, 0.3) is 0 Å². The number of nitriles is 1. The molecule has 4 aromatic rings. The van der Waals surface area contributed by atoms with Crippen LogP contribution in [0.25, 0.3) is 11.0 Å². The number of halogens is 2. The summed E-state index contributed by atoms with van der Waals surface area (Å²) >= 11 is 0. The number of benzene rings is 2. The van der Waals surface area contributed by atoms with Crippen molar-refractivity contribution in [2.24, 2.45) is 0 Å². The summed E-state index contributed by atoms with van der Waals surface area (Å²) in [4.78, 5) is 16.5. The van der Waals surface area contributed by atoms with E-state index in [1.165, 1.54) is 12.3 Å². The lowest BCUT2D eigenvalue weighted by atomic mass is 10.1. The van der Waals surface area contributed by atoms with Crippen molar-refractivity contribution >= 4 is 25.1 Å². The van der Waals surface area contributed by atoms with Gasteiger partial charge < -0.3 is 18.8 Å². The van der Waals surface area contributed by atoms with Gasteiger partial charge in [0.1, 0.15) is 29.9 Å². The minimum absolute atomic E-state index is 0.0708. The van der Waals surface area contributed by atoms with Crippen LogP contribution in [-0.4, -0.2) is 30.2 Å². The molecule has 0 aliphatic rings. The van der Waals surface area contributed by atoms with E-state index in [0.29, 0.717) is 23.4 Å². The molecule has 196 valence electrons. The maximum atomic E-state index is 14.9. The summed E-state index contributed by atoms with van der Waals surface area (Å²) in [6, 6.07) is 14.9. The van der Waals surface area contributed by atoms with Crippen LogP contribution in [0.15, 0.2) is 60.9 Å². The second-order valence-electron chi connectivity index (χ2n) is 9.93. The number of esters is 1. The van der Waals surface area contributed by atoms with Gasteiger partial charge >= 0.3 is 5.97 Å². The van der Waals surface area contributed by atoms with Crippen molar-refractivity contribution in [3.63, 3.8) is 0 Å². The molecule has 0 saturated carbocycles. The minimum atomic E-state index is -1.26. The van der Waals surface area contributed by atoms with Crippen LogP contribution < -0.4 is 9.47 Å². The van der Waals surface area contributed by atoms with Gasteiger partial charge in [-0.05, 0) is 41.9 Å². The van der Waals surface area contributed by atoms with Gasteiger partial charge in [-0.15, -0.1) is 0 Å². The van der Waals surface area contributed by atoms with Crippen molar-refractivity contribution in [3.8, 4) is 23.3 Å². The number of rotatable bonds is 10. The first-order valence-corrected chi connectivity index (χ1v) is 15.7. The molecule has 0 bridgehead atoms. The quantitative estimate of drug-likeness (QED) is 0.101. The van der Waals surface area contributed by atoms with E-state index in [1.807, 2.05) is 0 Å². The largest absolute Gasteiger partial charge is 0.450 e. The van der Waals surface area contributed by atoms with Crippen molar-refractivity contribution in [2.75, 3.05) is 6.61 Å². The molecule has 2 aromatic carbocycles. The van der Waals surface area contributed by atoms with E-state index in [4.69, 9.17) is 14.2 Å². The average Bonchev–Trinajstić information content (AvgIpc) is 3.22. The van der Waals surface area contributed by atoms with Crippen molar-refractivity contribution in [3.05, 3.63) is 83.7 Å². The first-order valence-electron chi connectivity index (χ1n) is 12.0. The monoisotopic (exact) mass is 535 g/mol. The smallest absolute Gasteiger partial charge is 0.315 e. The predicted molar refractivity (Wildman–Crippen MR) is 141 cm³/mol. The molecule has 0 N–H and O–H groups in total. The van der Waals surface area contributed by atoms with Crippen LogP contribution >= 0.6 is 0 Å². The first kappa shape index (κ1) is 27.0. The zero-order valence-electron chi connectivity index (χ0n) is 21.3. The highest BCUT2D eigenvalue weighted by Gasteiger charge is 2.20. The van der Waals surface area contributed by atoms with E-state index in [0.717, 1.165) is 18.2 Å². The van der Waals surface area contributed by atoms with Gasteiger partial charge in [0, 0.05) is 27.1 Å². The number of fused-ring (bicyclic) bond motifs is 1. The van der Waals surface area contributed by atoms with Gasteiger partial charge in [-0.1, -0.05) is 37.8 Å². The van der Waals surface area contributed by atoms with E-state index in [1.54, 1.807) is 41.1 Å². The van der Waals surface area contributed by atoms with Crippen molar-refractivity contribution < 1.29 is 27.8 Å². The second-order valence-corrected chi connectivity index (χ2v) is 15.6. The Morgan fingerprint density at radius 3 is 2.47 bits per heavy atom. The molecule has 0 radical (unpaired) electrons. The second kappa shape index (κ2) is 11.5. The van der Waals surface area contributed by atoms with E-state index in [9.17, 15) is 18.8 Å². The number of hydrogen-bond donors (Lipinski definition) is 0. The Hall–Kier alpha value is -4.07. The fourth-order valence-corrected chi connectivity index (χ4v) is 4.50. The van der Waals surface area contributed by atoms with Crippen LogP contribution in [0.3, 0.4) is 0 Å². The number of aromatic nitrogens is 2. The zero-order valence-corrected chi connectivity index (χ0v) is 22.3. The summed E-state index contributed by atoms with van der Waals surface area (Å²) in [5, 5.41) is 10.00. The maximum absolute atomic E-state index is 14.9. The average molecular weight is 536 g/mol. The van der Waals surface area contributed by atoms with E-state index in [-0.39, 0.29) is 30.0 Å². The zero-order chi connectivity index (χ0) is 27.3. The number of hydrogen-bond acceptors (Lipinski definition) is 6. The van der Waals surface area contributed by atoms with Crippen LogP contribution in [0, 0.1) is 23.0 Å². The number of ether oxygens (including phenoxy) is 3. The van der Waals surface area contributed by atoms with Crippen molar-refractivity contribution in [1.29, 1.82) is 5.26 Å². The molecule has 0 atom stereocenters. The standard InChI is InChI=1S/C28H27F2N3O4Si/c1-38(2,3)12-11-35-18-33-17-20(16-31)26-24(9-10-32-28(26)33)37-27-22(29)13-19(14-23(27)30)15-25(34)36-21-7-5-4-6-8-21/h4-10,13-14,17H,11-12,15,18H2,1-3H3. The molecule has 0 spiro atoms. The van der Waals surface area contributed by atoms with Gasteiger partial charge in [0.05, 0.1) is 17.4 Å². The fourth-order valence-electron chi connectivity index (χ4n) is 3.74. The third-order valence-electron chi connectivity index (χ3n) is 5.66. The highest BCUT2D eigenvalue weighted by atomic mass is 28.3. The lowest BCUT2D eigenvalue weighted by molar-refractivity contribution is -0.133. The molecule has 2 heterocycles. The van der Waals surface area contributed by atoms with E-state index in [2.05, 4.69) is 30.7 Å². The number of nitrogens with zero attached hydrogens (tertiary/aromatic N) is 3. The summed E-state index contributed by atoms with van der Waals surface area (Å²) < 4.78 is 48.2. The third-order valence-corrected chi connectivity index (χ3v) is 7.36. The molecule has 38 heavy (non-hydrogen) atoms. The number of carbonyl (C=O) groups is 1. The maximum Gasteiger partial charge on any atom is 0.315 e. The van der Waals surface area contributed by atoms with Gasteiger partial charge in [-0.2, -0.15) is 5.26 Å².